The summed E-state index contributed by atoms with van der Waals surface area (Å²) in [6, 6.07) is -0.241. The smallest absolute Gasteiger partial charge is 0.323 e. The number of rotatable bonds is 6. The van der Waals surface area contributed by atoms with Gasteiger partial charge in [0.25, 0.3) is 0 Å². The third kappa shape index (κ3) is 5.69. The lowest BCUT2D eigenvalue weighted by Gasteiger charge is -2.11. The molecule has 0 spiro atoms. The van der Waals surface area contributed by atoms with Crippen molar-refractivity contribution in [2.24, 2.45) is 12.8 Å². The number of nitrogens with two attached hydrogens (primary N) is 1. The number of hydrogen-bond acceptors (Lipinski definition) is 3. The van der Waals surface area contributed by atoms with Gasteiger partial charge in [-0.25, -0.2) is 0 Å². The molecule has 17 heavy (non-hydrogen) atoms. The van der Waals surface area contributed by atoms with Crippen molar-refractivity contribution in [2.45, 2.75) is 25.1 Å². The highest BCUT2D eigenvalue weighted by molar-refractivity contribution is 5.09. The molecule has 0 aliphatic rings. The lowest BCUT2D eigenvalue weighted by Crippen LogP contribution is -2.28. The Bertz CT molecular complexity index is 335. The van der Waals surface area contributed by atoms with E-state index in [0.717, 1.165) is 5.56 Å². The zero-order valence-corrected chi connectivity index (χ0v) is 9.67. The van der Waals surface area contributed by atoms with E-state index in [0.29, 0.717) is 13.1 Å². The Labute approximate surface area is 98.0 Å². The molecule has 3 N–H and O–H groups in total. The maximum absolute atomic E-state index is 11.8. The van der Waals surface area contributed by atoms with Gasteiger partial charge in [-0.1, -0.05) is 0 Å². The first kappa shape index (κ1) is 14.0. The predicted octanol–water partition coefficient (Wildman–Crippen LogP) is 1.35. The summed E-state index contributed by atoms with van der Waals surface area (Å²) in [6.45, 7) is 0.761. The second-order valence-electron chi connectivity index (χ2n) is 3.98. The third-order valence-corrected chi connectivity index (χ3v) is 2.33. The molecule has 7 heteroatoms. The van der Waals surface area contributed by atoms with Gasteiger partial charge in [-0.15, -0.1) is 0 Å². The standard InChI is InChI=1S/C10H17F3N4/c1-17-7-8(5-16-17)9(14)6-15-4-2-3-10(11,12)13/h5,7,9,15H,2-4,6,14H2,1H3. The van der Waals surface area contributed by atoms with Crippen molar-refractivity contribution in [3.8, 4) is 0 Å². The number of halogens is 3. The number of hydrogen-bond donors (Lipinski definition) is 2. The Morgan fingerprint density at radius 1 is 1.53 bits per heavy atom. The van der Waals surface area contributed by atoms with Gasteiger partial charge in [0.15, 0.2) is 0 Å². The molecule has 98 valence electrons. The van der Waals surface area contributed by atoms with Crippen molar-refractivity contribution in [2.75, 3.05) is 13.1 Å². The largest absolute Gasteiger partial charge is 0.389 e. The van der Waals surface area contributed by atoms with Gasteiger partial charge in [-0.2, -0.15) is 18.3 Å². The molecule has 0 aromatic carbocycles. The summed E-state index contributed by atoms with van der Waals surface area (Å²) in [7, 11) is 1.78. The summed E-state index contributed by atoms with van der Waals surface area (Å²) in [5.74, 6) is 0. The van der Waals surface area contributed by atoms with E-state index < -0.39 is 12.6 Å². The van der Waals surface area contributed by atoms with Crippen molar-refractivity contribution >= 4 is 0 Å². The molecule has 0 bridgehead atoms. The molecule has 1 rings (SSSR count). The van der Waals surface area contributed by atoms with Crippen LogP contribution in [-0.2, 0) is 7.05 Å². The summed E-state index contributed by atoms with van der Waals surface area (Å²) in [4.78, 5) is 0. The van der Waals surface area contributed by atoms with Crippen molar-refractivity contribution in [3.05, 3.63) is 18.0 Å². The highest BCUT2D eigenvalue weighted by Crippen LogP contribution is 2.20. The van der Waals surface area contributed by atoms with Crippen LogP contribution in [0.25, 0.3) is 0 Å². The highest BCUT2D eigenvalue weighted by atomic mass is 19.4. The molecule has 1 unspecified atom stereocenters. The third-order valence-electron chi connectivity index (χ3n) is 2.33. The van der Waals surface area contributed by atoms with Crippen LogP contribution in [-0.4, -0.2) is 29.0 Å². The van der Waals surface area contributed by atoms with E-state index in [1.807, 2.05) is 0 Å². The average Bonchev–Trinajstić information content (AvgIpc) is 2.62. The van der Waals surface area contributed by atoms with Crippen molar-refractivity contribution in [1.29, 1.82) is 0 Å². The monoisotopic (exact) mass is 250 g/mol. The van der Waals surface area contributed by atoms with E-state index in [1.165, 1.54) is 0 Å². The molecule has 0 amide bonds. The maximum atomic E-state index is 11.8. The average molecular weight is 250 g/mol. The van der Waals surface area contributed by atoms with E-state index in [4.69, 9.17) is 5.73 Å². The molecular formula is C10H17F3N4. The summed E-state index contributed by atoms with van der Waals surface area (Å²) >= 11 is 0. The highest BCUT2D eigenvalue weighted by Gasteiger charge is 2.25. The Hall–Kier alpha value is -1.08. The lowest BCUT2D eigenvalue weighted by atomic mass is 10.2. The van der Waals surface area contributed by atoms with Gasteiger partial charge < -0.3 is 11.1 Å². The van der Waals surface area contributed by atoms with Crippen LogP contribution >= 0.6 is 0 Å². The summed E-state index contributed by atoms with van der Waals surface area (Å²) in [6.07, 6.45) is -1.32. The number of nitrogens with zero attached hydrogens (tertiary/aromatic N) is 2. The SMILES string of the molecule is Cn1cc(C(N)CNCCCC(F)(F)F)cn1. The van der Waals surface area contributed by atoms with Gasteiger partial charge >= 0.3 is 6.18 Å². The van der Waals surface area contributed by atoms with E-state index in [1.54, 1.807) is 24.1 Å². The van der Waals surface area contributed by atoms with E-state index in [2.05, 4.69) is 10.4 Å². The molecule has 0 aliphatic heterocycles. The van der Waals surface area contributed by atoms with Gasteiger partial charge in [-0.05, 0) is 13.0 Å². The number of nitrogens with one attached hydrogen (secondary N) is 1. The van der Waals surface area contributed by atoms with Crippen LogP contribution in [0.2, 0.25) is 0 Å². The van der Waals surface area contributed by atoms with Crippen LogP contribution in [0, 0.1) is 0 Å². The van der Waals surface area contributed by atoms with E-state index in [9.17, 15) is 13.2 Å². The summed E-state index contributed by atoms with van der Waals surface area (Å²) in [5, 5.41) is 6.88. The Balaban J connectivity index is 2.15. The molecule has 0 radical (unpaired) electrons. The van der Waals surface area contributed by atoms with Gasteiger partial charge in [0.05, 0.1) is 6.20 Å². The first-order valence-electron chi connectivity index (χ1n) is 5.40. The summed E-state index contributed by atoms with van der Waals surface area (Å²) in [5.41, 5.74) is 6.71. The molecule has 1 atom stereocenters. The zero-order chi connectivity index (χ0) is 12.9. The fourth-order valence-electron chi connectivity index (χ4n) is 1.42. The Morgan fingerprint density at radius 3 is 2.76 bits per heavy atom. The van der Waals surface area contributed by atoms with Crippen LogP contribution in [0.1, 0.15) is 24.4 Å². The molecule has 1 heterocycles. The van der Waals surface area contributed by atoms with Crippen molar-refractivity contribution < 1.29 is 13.2 Å². The fourth-order valence-corrected chi connectivity index (χ4v) is 1.42. The number of aryl methyl sites for hydroxylation is 1. The minimum atomic E-state index is -4.08. The van der Waals surface area contributed by atoms with E-state index in [-0.39, 0.29) is 12.5 Å². The van der Waals surface area contributed by atoms with Crippen LogP contribution in [0.3, 0.4) is 0 Å². The molecule has 1 aromatic rings. The Morgan fingerprint density at radius 2 is 2.24 bits per heavy atom. The normalized spacial score (nSPS) is 13.9. The Kier molecular flexibility index (Phi) is 4.95. The minimum Gasteiger partial charge on any atom is -0.323 e. The molecule has 0 saturated carbocycles. The minimum absolute atomic E-state index is 0.0727. The molecule has 1 aromatic heterocycles. The lowest BCUT2D eigenvalue weighted by molar-refractivity contribution is -0.135. The molecule has 0 saturated heterocycles. The topological polar surface area (TPSA) is 55.9 Å². The number of aromatic nitrogens is 2. The van der Waals surface area contributed by atoms with Crippen molar-refractivity contribution in [1.82, 2.24) is 15.1 Å². The number of alkyl halides is 3. The quantitative estimate of drug-likeness (QED) is 0.749. The first-order chi connectivity index (χ1) is 7.88. The van der Waals surface area contributed by atoms with E-state index >= 15 is 0 Å². The molecule has 0 aliphatic carbocycles. The van der Waals surface area contributed by atoms with Crippen LogP contribution < -0.4 is 11.1 Å². The first-order valence-corrected chi connectivity index (χ1v) is 5.40. The van der Waals surface area contributed by atoms with Crippen LogP contribution in [0.15, 0.2) is 12.4 Å². The van der Waals surface area contributed by atoms with Crippen LogP contribution in [0.5, 0.6) is 0 Å². The molecular weight excluding hydrogens is 233 g/mol. The van der Waals surface area contributed by atoms with Gasteiger partial charge in [0, 0.05) is 37.8 Å². The predicted molar refractivity (Wildman–Crippen MR) is 58.3 cm³/mol. The van der Waals surface area contributed by atoms with Gasteiger partial charge in [-0.3, -0.25) is 4.68 Å². The van der Waals surface area contributed by atoms with Gasteiger partial charge in [0.1, 0.15) is 0 Å². The summed E-state index contributed by atoms with van der Waals surface area (Å²) < 4.78 is 37.2. The molecule has 0 fully saturated rings. The van der Waals surface area contributed by atoms with Crippen LogP contribution in [0.4, 0.5) is 13.2 Å². The zero-order valence-electron chi connectivity index (χ0n) is 9.67. The molecule has 4 nitrogen and oxygen atoms in total. The maximum Gasteiger partial charge on any atom is 0.389 e. The van der Waals surface area contributed by atoms with Crippen molar-refractivity contribution in [3.63, 3.8) is 0 Å². The second kappa shape index (κ2) is 6.02. The van der Waals surface area contributed by atoms with Gasteiger partial charge in [0.2, 0.25) is 0 Å². The fraction of sp³-hybridized carbons (Fsp3) is 0.700. The second-order valence-corrected chi connectivity index (χ2v) is 3.98.